The van der Waals surface area contributed by atoms with Gasteiger partial charge in [-0.05, 0) is 19.0 Å². The lowest BCUT2D eigenvalue weighted by molar-refractivity contribution is -0.217. The van der Waals surface area contributed by atoms with E-state index >= 15 is 0 Å². The minimum absolute atomic E-state index is 0.0265. The molecule has 0 saturated carbocycles. The Morgan fingerprint density at radius 1 is 1.38 bits per heavy atom. The highest BCUT2D eigenvalue weighted by atomic mass is 19.3. The van der Waals surface area contributed by atoms with Gasteiger partial charge in [0.25, 0.3) is 5.92 Å². The van der Waals surface area contributed by atoms with Gasteiger partial charge in [-0.15, -0.1) is 0 Å². The van der Waals surface area contributed by atoms with E-state index in [0.717, 1.165) is 6.08 Å². The number of alkyl halides is 2. The van der Waals surface area contributed by atoms with E-state index in [1.165, 1.54) is 4.90 Å². The van der Waals surface area contributed by atoms with Gasteiger partial charge in [0.2, 0.25) is 5.91 Å². The Bertz CT molecular complexity index is 327. The summed E-state index contributed by atoms with van der Waals surface area (Å²) in [5, 5.41) is 11.3. The second-order valence-corrected chi connectivity index (χ2v) is 4.50. The van der Waals surface area contributed by atoms with Gasteiger partial charge in [-0.3, -0.25) is 4.79 Å². The van der Waals surface area contributed by atoms with Crippen molar-refractivity contribution >= 4 is 5.91 Å². The van der Waals surface area contributed by atoms with Crippen LogP contribution in [-0.4, -0.2) is 48.0 Å². The fraction of sp³-hybridized carbons (Fsp3) is 0.700. The molecule has 2 aliphatic rings. The normalized spacial score (nSPS) is 27.6. The van der Waals surface area contributed by atoms with Crippen molar-refractivity contribution in [1.82, 2.24) is 9.96 Å². The van der Waals surface area contributed by atoms with Crippen LogP contribution in [0.15, 0.2) is 12.7 Å². The predicted molar refractivity (Wildman–Crippen MR) is 53.7 cm³/mol. The van der Waals surface area contributed by atoms with Crippen LogP contribution in [0.4, 0.5) is 8.78 Å². The van der Waals surface area contributed by atoms with Crippen LogP contribution in [0.25, 0.3) is 0 Å². The zero-order valence-electron chi connectivity index (χ0n) is 8.79. The van der Waals surface area contributed by atoms with Crippen LogP contribution >= 0.6 is 0 Å². The maximum absolute atomic E-state index is 13.7. The van der Waals surface area contributed by atoms with Crippen molar-refractivity contribution in [1.29, 1.82) is 0 Å². The number of piperidine rings is 1. The number of halogens is 2. The number of amides is 1. The summed E-state index contributed by atoms with van der Waals surface area (Å²) in [6, 6.07) is 0. The van der Waals surface area contributed by atoms with E-state index in [9.17, 15) is 18.8 Å². The third kappa shape index (κ3) is 1.53. The van der Waals surface area contributed by atoms with Crippen molar-refractivity contribution in [3.8, 4) is 0 Å². The van der Waals surface area contributed by atoms with Crippen LogP contribution in [0.1, 0.15) is 6.42 Å². The van der Waals surface area contributed by atoms with Gasteiger partial charge in [-0.2, -0.15) is 0 Å². The fourth-order valence-corrected chi connectivity index (χ4v) is 2.35. The third-order valence-electron chi connectivity index (χ3n) is 3.46. The molecule has 0 unspecified atom stereocenters. The second-order valence-electron chi connectivity index (χ2n) is 4.50. The van der Waals surface area contributed by atoms with Gasteiger partial charge in [-0.1, -0.05) is 6.58 Å². The SMILES string of the molecule is C=CC(=O)N1CC2(CCN([O-])CC2(F)F)C1. The molecule has 2 saturated heterocycles. The third-order valence-corrected chi connectivity index (χ3v) is 3.46. The molecule has 0 N–H and O–H groups in total. The first-order chi connectivity index (χ1) is 7.40. The van der Waals surface area contributed by atoms with Gasteiger partial charge in [0.15, 0.2) is 0 Å². The minimum Gasteiger partial charge on any atom is -0.785 e. The van der Waals surface area contributed by atoms with Crippen LogP contribution < -0.4 is 0 Å². The Labute approximate surface area is 92.1 Å². The second kappa shape index (κ2) is 3.49. The van der Waals surface area contributed by atoms with E-state index in [2.05, 4.69) is 6.58 Å². The summed E-state index contributed by atoms with van der Waals surface area (Å²) in [6.07, 6.45) is 1.26. The highest BCUT2D eigenvalue weighted by molar-refractivity contribution is 5.87. The molecule has 0 radical (unpaired) electrons. The van der Waals surface area contributed by atoms with Crippen LogP contribution in [-0.2, 0) is 4.79 Å². The largest absolute Gasteiger partial charge is 0.785 e. The van der Waals surface area contributed by atoms with E-state index in [-0.39, 0.29) is 32.0 Å². The predicted octanol–water partition coefficient (Wildman–Crippen LogP) is 0.840. The quantitative estimate of drug-likeness (QED) is 0.628. The Morgan fingerprint density at radius 2 is 2.00 bits per heavy atom. The van der Waals surface area contributed by atoms with Crippen molar-refractivity contribution in [2.24, 2.45) is 5.41 Å². The zero-order chi connectivity index (χ0) is 12.0. The molecule has 1 amide bonds. The monoisotopic (exact) mass is 231 g/mol. The van der Waals surface area contributed by atoms with Gasteiger partial charge in [0.05, 0.1) is 12.0 Å². The van der Waals surface area contributed by atoms with Gasteiger partial charge in [-0.25, -0.2) is 8.78 Å². The summed E-state index contributed by atoms with van der Waals surface area (Å²) >= 11 is 0. The lowest BCUT2D eigenvalue weighted by Gasteiger charge is -2.58. The molecule has 0 bridgehead atoms. The molecule has 0 aromatic rings. The number of carbonyl (C=O) groups is 1. The van der Waals surface area contributed by atoms with Crippen LogP contribution in [0.5, 0.6) is 0 Å². The highest BCUT2D eigenvalue weighted by Gasteiger charge is 2.62. The number of hydroxylamine groups is 2. The van der Waals surface area contributed by atoms with Crippen molar-refractivity contribution in [2.75, 3.05) is 26.2 Å². The Kier molecular flexibility index (Phi) is 2.51. The maximum Gasteiger partial charge on any atom is 0.268 e. The number of rotatable bonds is 1. The average Bonchev–Trinajstić information content (AvgIpc) is 2.12. The Balaban J connectivity index is 2.06. The molecular weight excluding hydrogens is 218 g/mol. The molecule has 6 heteroatoms. The summed E-state index contributed by atoms with van der Waals surface area (Å²) in [5.41, 5.74) is -1.19. The van der Waals surface area contributed by atoms with Gasteiger partial charge >= 0.3 is 0 Å². The topological polar surface area (TPSA) is 46.6 Å². The number of nitrogens with zero attached hydrogens (tertiary/aromatic N) is 2. The summed E-state index contributed by atoms with van der Waals surface area (Å²) in [6.45, 7) is 2.72. The fourth-order valence-electron chi connectivity index (χ4n) is 2.35. The number of carbonyl (C=O) groups excluding carboxylic acids is 1. The van der Waals surface area contributed by atoms with Gasteiger partial charge in [0, 0.05) is 13.1 Å². The van der Waals surface area contributed by atoms with Crippen molar-refractivity contribution in [2.45, 2.75) is 12.3 Å². The summed E-state index contributed by atoms with van der Waals surface area (Å²) in [4.78, 5) is 12.5. The summed E-state index contributed by atoms with van der Waals surface area (Å²) < 4.78 is 27.4. The molecule has 2 aliphatic heterocycles. The first-order valence-corrected chi connectivity index (χ1v) is 5.11. The average molecular weight is 231 g/mol. The van der Waals surface area contributed by atoms with Crippen molar-refractivity contribution in [3.63, 3.8) is 0 Å². The smallest absolute Gasteiger partial charge is 0.268 e. The molecule has 0 aromatic carbocycles. The lowest BCUT2D eigenvalue weighted by atomic mass is 9.69. The zero-order valence-corrected chi connectivity index (χ0v) is 8.79. The molecule has 2 fully saturated rings. The van der Waals surface area contributed by atoms with Gasteiger partial charge in [0.1, 0.15) is 0 Å². The van der Waals surface area contributed by atoms with Crippen LogP contribution in [0, 0.1) is 10.6 Å². The number of likely N-dealkylation sites (tertiary alicyclic amines) is 1. The standard InChI is InChI=1S/C10H13F2N2O2/c1-2-8(15)13-5-9(6-13)3-4-14(16)7-10(9,11)12/h2H,1,3-7H2/q-1. The molecule has 2 heterocycles. The summed E-state index contributed by atoms with van der Waals surface area (Å²) in [7, 11) is 0. The van der Waals surface area contributed by atoms with Crippen LogP contribution in [0.2, 0.25) is 0 Å². The molecular formula is C10H13F2N2O2-. The Hall–Kier alpha value is -1.01. The van der Waals surface area contributed by atoms with E-state index in [1.54, 1.807) is 0 Å². The molecule has 0 aliphatic carbocycles. The number of hydrogen-bond acceptors (Lipinski definition) is 3. The first kappa shape index (κ1) is 11.5. The van der Waals surface area contributed by atoms with Crippen molar-refractivity contribution in [3.05, 3.63) is 17.9 Å². The van der Waals surface area contributed by atoms with E-state index in [1.807, 2.05) is 0 Å². The van der Waals surface area contributed by atoms with Gasteiger partial charge < -0.3 is 15.2 Å². The molecule has 2 rings (SSSR count). The molecule has 0 atom stereocenters. The highest BCUT2D eigenvalue weighted by Crippen LogP contribution is 2.49. The van der Waals surface area contributed by atoms with Crippen LogP contribution in [0.3, 0.4) is 0 Å². The minimum atomic E-state index is -3.01. The van der Waals surface area contributed by atoms with Crippen molar-refractivity contribution < 1.29 is 13.6 Å². The van der Waals surface area contributed by atoms with E-state index in [0.29, 0.717) is 5.06 Å². The number of hydrogen-bond donors (Lipinski definition) is 0. The molecule has 0 aromatic heterocycles. The maximum atomic E-state index is 13.7. The molecule has 90 valence electrons. The molecule has 1 spiro atoms. The molecule has 16 heavy (non-hydrogen) atoms. The van der Waals surface area contributed by atoms with E-state index < -0.39 is 17.9 Å². The Morgan fingerprint density at radius 3 is 2.50 bits per heavy atom. The summed E-state index contributed by atoms with van der Waals surface area (Å²) in [5.74, 6) is -3.34. The molecule has 4 nitrogen and oxygen atoms in total. The van der Waals surface area contributed by atoms with E-state index in [4.69, 9.17) is 0 Å². The first-order valence-electron chi connectivity index (χ1n) is 5.11. The lowest BCUT2D eigenvalue weighted by Crippen LogP contribution is -2.70.